The molecule has 0 aromatic rings. The van der Waals surface area contributed by atoms with Gasteiger partial charge in [0.25, 0.3) is 0 Å². The zero-order chi connectivity index (χ0) is 6.95. The van der Waals surface area contributed by atoms with E-state index in [4.69, 9.17) is 4.74 Å². The van der Waals surface area contributed by atoms with Crippen LogP contribution in [0.4, 0.5) is 0 Å². The van der Waals surface area contributed by atoms with Crippen molar-refractivity contribution in [2.24, 2.45) is 0 Å². The van der Waals surface area contributed by atoms with E-state index in [1.807, 2.05) is 6.92 Å². The summed E-state index contributed by atoms with van der Waals surface area (Å²) in [7, 11) is 0. The van der Waals surface area contributed by atoms with Crippen LogP contribution in [-0.2, 0) is 9.53 Å². The number of unbranched alkanes of at least 4 members (excludes halogenated alkanes) is 2. The molecule has 0 saturated carbocycles. The van der Waals surface area contributed by atoms with E-state index >= 15 is 0 Å². The average molecular weight is 129 g/mol. The Kier molecular flexibility index (Phi) is 7.32. The fourth-order valence-electron chi connectivity index (χ4n) is 0.486. The van der Waals surface area contributed by atoms with E-state index in [2.05, 4.69) is 0 Å². The molecule has 1 radical (unpaired) electrons. The smallest absolute Gasteiger partial charge is 0.119 e. The van der Waals surface area contributed by atoms with Crippen LogP contribution in [0.2, 0.25) is 0 Å². The lowest BCUT2D eigenvalue weighted by Crippen LogP contribution is -1.86. The van der Waals surface area contributed by atoms with Crippen LogP contribution in [0.5, 0.6) is 0 Å². The van der Waals surface area contributed by atoms with E-state index in [0.29, 0.717) is 6.42 Å². The molecule has 0 aromatic heterocycles. The standard InChI is InChI=1S/C7H13O2/c1-2-9-7-5-3-4-6-8/h6-7H,2-5H2,1H3. The van der Waals surface area contributed by atoms with Gasteiger partial charge in [0.15, 0.2) is 0 Å². The molecule has 0 amide bonds. The summed E-state index contributed by atoms with van der Waals surface area (Å²) in [5.41, 5.74) is 0. The van der Waals surface area contributed by atoms with Crippen molar-refractivity contribution in [3.8, 4) is 0 Å². The summed E-state index contributed by atoms with van der Waals surface area (Å²) >= 11 is 0. The number of hydrogen-bond acceptors (Lipinski definition) is 2. The van der Waals surface area contributed by atoms with Crippen LogP contribution in [0.25, 0.3) is 0 Å². The Morgan fingerprint density at radius 1 is 1.44 bits per heavy atom. The Bertz CT molecular complexity index is 61.9. The van der Waals surface area contributed by atoms with Crippen LogP contribution in [0.1, 0.15) is 26.2 Å². The molecule has 0 unspecified atom stereocenters. The number of ether oxygens (including phenoxy) is 1. The zero-order valence-corrected chi connectivity index (χ0v) is 5.80. The molecule has 0 bridgehead atoms. The van der Waals surface area contributed by atoms with Crippen molar-refractivity contribution in [1.29, 1.82) is 0 Å². The second kappa shape index (κ2) is 7.63. The molecular formula is C7H13O2. The largest absolute Gasteiger partial charge is 0.376 e. The van der Waals surface area contributed by atoms with E-state index in [0.717, 1.165) is 25.7 Å². The minimum atomic E-state index is 0.642. The van der Waals surface area contributed by atoms with E-state index in [9.17, 15) is 4.79 Å². The molecule has 53 valence electrons. The molecule has 0 heterocycles. The third-order valence-electron chi connectivity index (χ3n) is 0.928. The van der Waals surface area contributed by atoms with Crippen LogP contribution < -0.4 is 0 Å². The van der Waals surface area contributed by atoms with Gasteiger partial charge < -0.3 is 9.53 Å². The number of carbonyl (C=O) groups excluding carboxylic acids is 1. The highest BCUT2D eigenvalue weighted by atomic mass is 16.5. The minimum Gasteiger partial charge on any atom is -0.376 e. The maximum Gasteiger partial charge on any atom is 0.119 e. The fraction of sp³-hybridized carbons (Fsp3) is 0.714. The summed E-state index contributed by atoms with van der Waals surface area (Å²) in [4.78, 5) is 9.78. The molecule has 0 aliphatic heterocycles. The highest BCUT2D eigenvalue weighted by molar-refractivity contribution is 5.48. The maximum atomic E-state index is 9.78. The van der Waals surface area contributed by atoms with Crippen molar-refractivity contribution in [1.82, 2.24) is 0 Å². The molecular weight excluding hydrogens is 116 g/mol. The molecule has 0 aliphatic carbocycles. The van der Waals surface area contributed by atoms with Crippen molar-refractivity contribution >= 4 is 6.29 Å². The first kappa shape index (κ1) is 8.63. The first-order valence-electron chi connectivity index (χ1n) is 3.28. The van der Waals surface area contributed by atoms with Crippen LogP contribution >= 0.6 is 0 Å². The SMILES string of the molecule is CCO[CH]CCCC=O. The lowest BCUT2D eigenvalue weighted by molar-refractivity contribution is -0.107. The summed E-state index contributed by atoms with van der Waals surface area (Å²) in [6.07, 6.45) is 3.36. The average Bonchev–Trinajstić information content (AvgIpc) is 1.89. The summed E-state index contributed by atoms with van der Waals surface area (Å²) < 4.78 is 4.94. The van der Waals surface area contributed by atoms with Gasteiger partial charge in [-0.1, -0.05) is 0 Å². The van der Waals surface area contributed by atoms with Crippen molar-refractivity contribution in [3.63, 3.8) is 0 Å². The predicted octanol–water partition coefficient (Wildman–Crippen LogP) is 1.55. The number of aldehydes is 1. The summed E-state index contributed by atoms with van der Waals surface area (Å²) in [5.74, 6) is 0. The Hall–Kier alpha value is -0.370. The number of hydrogen-bond donors (Lipinski definition) is 0. The van der Waals surface area contributed by atoms with Gasteiger partial charge in [0.05, 0.1) is 6.61 Å². The molecule has 0 aromatic carbocycles. The van der Waals surface area contributed by atoms with Gasteiger partial charge in [-0.05, 0) is 19.8 Å². The second-order valence-corrected chi connectivity index (χ2v) is 1.72. The minimum absolute atomic E-state index is 0.642. The Morgan fingerprint density at radius 2 is 2.22 bits per heavy atom. The predicted molar refractivity (Wildman–Crippen MR) is 35.8 cm³/mol. The van der Waals surface area contributed by atoms with Crippen LogP contribution in [0.15, 0.2) is 0 Å². The van der Waals surface area contributed by atoms with Gasteiger partial charge >= 0.3 is 0 Å². The van der Waals surface area contributed by atoms with Gasteiger partial charge in [0, 0.05) is 13.0 Å². The van der Waals surface area contributed by atoms with Gasteiger partial charge in [-0.3, -0.25) is 0 Å². The molecule has 0 spiro atoms. The molecule has 0 aliphatic rings. The Morgan fingerprint density at radius 3 is 2.78 bits per heavy atom. The van der Waals surface area contributed by atoms with E-state index in [1.165, 1.54) is 0 Å². The zero-order valence-electron chi connectivity index (χ0n) is 5.80. The summed E-state index contributed by atoms with van der Waals surface area (Å²) in [5, 5.41) is 0. The lowest BCUT2D eigenvalue weighted by atomic mass is 10.3. The van der Waals surface area contributed by atoms with E-state index in [1.54, 1.807) is 6.61 Å². The Balaban J connectivity index is 2.66. The molecule has 2 heteroatoms. The first-order valence-corrected chi connectivity index (χ1v) is 3.28. The van der Waals surface area contributed by atoms with Gasteiger partial charge in [-0.15, -0.1) is 0 Å². The topological polar surface area (TPSA) is 26.3 Å². The van der Waals surface area contributed by atoms with Crippen molar-refractivity contribution in [2.45, 2.75) is 26.2 Å². The van der Waals surface area contributed by atoms with Crippen molar-refractivity contribution in [3.05, 3.63) is 6.61 Å². The van der Waals surface area contributed by atoms with Crippen LogP contribution in [-0.4, -0.2) is 12.9 Å². The van der Waals surface area contributed by atoms with Gasteiger partial charge in [-0.25, -0.2) is 0 Å². The molecule has 0 rings (SSSR count). The molecule has 0 saturated heterocycles. The lowest BCUT2D eigenvalue weighted by Gasteiger charge is -1.95. The quantitative estimate of drug-likeness (QED) is 0.402. The number of carbonyl (C=O) groups is 1. The summed E-state index contributed by atoms with van der Waals surface area (Å²) in [6.45, 7) is 4.42. The monoisotopic (exact) mass is 129 g/mol. The van der Waals surface area contributed by atoms with Crippen LogP contribution in [0, 0.1) is 6.61 Å². The fourth-order valence-corrected chi connectivity index (χ4v) is 0.486. The molecule has 0 fully saturated rings. The van der Waals surface area contributed by atoms with Gasteiger partial charge in [0.2, 0.25) is 0 Å². The summed E-state index contributed by atoms with van der Waals surface area (Å²) in [6, 6.07) is 0. The van der Waals surface area contributed by atoms with E-state index < -0.39 is 0 Å². The molecule has 9 heavy (non-hydrogen) atoms. The van der Waals surface area contributed by atoms with Gasteiger partial charge in [0.1, 0.15) is 6.29 Å². The van der Waals surface area contributed by atoms with Crippen molar-refractivity contribution in [2.75, 3.05) is 6.61 Å². The normalized spacial score (nSPS) is 9.44. The second-order valence-electron chi connectivity index (χ2n) is 1.72. The van der Waals surface area contributed by atoms with Crippen molar-refractivity contribution < 1.29 is 9.53 Å². The van der Waals surface area contributed by atoms with Gasteiger partial charge in [-0.2, -0.15) is 0 Å². The highest BCUT2D eigenvalue weighted by Gasteiger charge is 1.86. The Labute approximate surface area is 56.2 Å². The van der Waals surface area contributed by atoms with E-state index in [-0.39, 0.29) is 0 Å². The molecule has 0 atom stereocenters. The molecule has 2 nitrogen and oxygen atoms in total. The maximum absolute atomic E-state index is 9.78. The first-order chi connectivity index (χ1) is 4.41. The molecule has 0 N–H and O–H groups in total. The third-order valence-corrected chi connectivity index (χ3v) is 0.928. The third kappa shape index (κ3) is 7.63. The highest BCUT2D eigenvalue weighted by Crippen LogP contribution is 1.96. The van der Waals surface area contributed by atoms with Crippen LogP contribution in [0.3, 0.4) is 0 Å². The number of rotatable bonds is 6.